The van der Waals surface area contributed by atoms with E-state index in [0.29, 0.717) is 22.3 Å². The number of nitrogens with one attached hydrogen (secondary N) is 3. The molecule has 0 atom stereocenters. The Kier molecular flexibility index (Phi) is 6.47. The molecular weight excluding hydrogens is 396 g/mol. The van der Waals surface area contributed by atoms with E-state index < -0.39 is 0 Å². The van der Waals surface area contributed by atoms with E-state index >= 15 is 0 Å². The van der Waals surface area contributed by atoms with Crippen molar-refractivity contribution in [2.24, 2.45) is 5.10 Å². The second-order valence-corrected chi connectivity index (χ2v) is 6.60. The van der Waals surface area contributed by atoms with E-state index in [1.165, 1.54) is 24.1 Å². The lowest BCUT2D eigenvalue weighted by atomic mass is 10.2. The number of nitrogens with two attached hydrogens (primary N) is 1. The predicted octanol–water partition coefficient (Wildman–Crippen LogP) is 1.72. The van der Waals surface area contributed by atoms with Crippen molar-refractivity contribution in [2.75, 3.05) is 27.7 Å². The van der Waals surface area contributed by atoms with E-state index in [1.54, 1.807) is 36.4 Å². The van der Waals surface area contributed by atoms with Gasteiger partial charge in [0.2, 0.25) is 17.0 Å². The van der Waals surface area contributed by atoms with Crippen molar-refractivity contribution >= 4 is 47.1 Å². The van der Waals surface area contributed by atoms with Gasteiger partial charge in [0.05, 0.1) is 18.2 Å². The van der Waals surface area contributed by atoms with Crippen molar-refractivity contribution in [1.29, 1.82) is 0 Å². The number of rotatable bonds is 8. The molecule has 0 bridgehead atoms. The molecule has 0 aliphatic rings. The monoisotopic (exact) mass is 414 g/mol. The molecule has 0 saturated heterocycles. The van der Waals surface area contributed by atoms with E-state index in [9.17, 15) is 9.59 Å². The summed E-state index contributed by atoms with van der Waals surface area (Å²) in [7, 11) is 0. The quantitative estimate of drug-likeness (QED) is 0.188. The van der Waals surface area contributed by atoms with Crippen LogP contribution in [0.25, 0.3) is 0 Å². The van der Waals surface area contributed by atoms with Gasteiger partial charge in [-0.25, -0.2) is 10.1 Å². The van der Waals surface area contributed by atoms with Crippen LogP contribution in [0.15, 0.2) is 57.3 Å². The molecule has 0 spiro atoms. The molecule has 3 aromatic rings. The van der Waals surface area contributed by atoms with E-state index in [0.717, 1.165) is 11.8 Å². The Balaban J connectivity index is 1.51. The average Bonchev–Trinajstić information content (AvgIpc) is 3.31. The summed E-state index contributed by atoms with van der Waals surface area (Å²) >= 11 is 1.11. The molecule has 5 N–H and O–H groups in total. The maximum atomic E-state index is 12.2. The van der Waals surface area contributed by atoms with Crippen LogP contribution in [0, 0.1) is 0 Å². The van der Waals surface area contributed by atoms with Crippen LogP contribution in [-0.4, -0.2) is 38.7 Å². The van der Waals surface area contributed by atoms with Crippen LogP contribution in [0.1, 0.15) is 12.7 Å². The molecule has 0 aliphatic heterocycles. The maximum absolute atomic E-state index is 12.2. The molecule has 0 saturated carbocycles. The van der Waals surface area contributed by atoms with Gasteiger partial charge in [-0.2, -0.15) is 5.10 Å². The van der Waals surface area contributed by atoms with Gasteiger partial charge in [-0.15, -0.1) is 10.2 Å². The van der Waals surface area contributed by atoms with Crippen LogP contribution in [0.3, 0.4) is 0 Å². The molecule has 2 aromatic heterocycles. The third-order valence-electron chi connectivity index (χ3n) is 3.36. The summed E-state index contributed by atoms with van der Waals surface area (Å²) in [5.41, 5.74) is 3.80. The fourth-order valence-corrected chi connectivity index (χ4v) is 2.83. The highest BCUT2D eigenvalue weighted by Crippen LogP contribution is 2.19. The summed E-state index contributed by atoms with van der Waals surface area (Å²) in [6, 6.07) is 10.3. The molecule has 11 nitrogen and oxygen atoms in total. The number of hydrazone groups is 1. The zero-order valence-electron chi connectivity index (χ0n) is 15.3. The number of aromatic nitrogens is 3. The molecule has 29 heavy (non-hydrogen) atoms. The maximum Gasteiger partial charge on any atom is 0.264 e. The number of furan rings is 1. The van der Waals surface area contributed by atoms with Gasteiger partial charge in [0.15, 0.2) is 0 Å². The number of anilines is 3. The summed E-state index contributed by atoms with van der Waals surface area (Å²) in [5.74, 6) is 6.29. The van der Waals surface area contributed by atoms with Crippen molar-refractivity contribution in [3.8, 4) is 0 Å². The molecule has 1 aromatic carbocycles. The molecule has 2 heterocycles. The van der Waals surface area contributed by atoms with E-state index in [2.05, 4.69) is 31.4 Å². The topological polar surface area (TPSA) is 152 Å². The smallest absolute Gasteiger partial charge is 0.264 e. The van der Waals surface area contributed by atoms with Gasteiger partial charge in [0.1, 0.15) is 5.76 Å². The first-order valence-electron chi connectivity index (χ1n) is 8.34. The molecule has 3 rings (SSSR count). The highest BCUT2D eigenvalue weighted by Gasteiger charge is 2.12. The number of nitrogen functional groups attached to an aromatic ring is 1. The van der Waals surface area contributed by atoms with Gasteiger partial charge in [-0.05, 0) is 30.3 Å². The van der Waals surface area contributed by atoms with Crippen molar-refractivity contribution in [2.45, 2.75) is 12.1 Å². The number of nitrogens with zero attached hydrogens (tertiary/aromatic N) is 4. The highest BCUT2D eigenvalue weighted by molar-refractivity contribution is 7.99. The Morgan fingerprint density at radius 1 is 1.24 bits per heavy atom. The summed E-state index contributed by atoms with van der Waals surface area (Å²) < 4.78 is 6.30. The van der Waals surface area contributed by atoms with Crippen LogP contribution in [0.2, 0.25) is 0 Å². The fraction of sp³-hybridized carbons (Fsp3) is 0.118. The molecule has 150 valence electrons. The zero-order valence-corrected chi connectivity index (χ0v) is 16.1. The van der Waals surface area contributed by atoms with Gasteiger partial charge >= 0.3 is 0 Å². The summed E-state index contributed by atoms with van der Waals surface area (Å²) in [5, 5.41) is 17.5. The van der Waals surface area contributed by atoms with Crippen molar-refractivity contribution < 1.29 is 14.0 Å². The zero-order chi connectivity index (χ0) is 20.6. The van der Waals surface area contributed by atoms with Crippen molar-refractivity contribution in [3.05, 3.63) is 48.4 Å². The summed E-state index contributed by atoms with van der Waals surface area (Å²) in [6.07, 6.45) is 2.99. The van der Waals surface area contributed by atoms with Gasteiger partial charge in [-0.1, -0.05) is 17.8 Å². The Bertz CT molecular complexity index is 1020. The number of carbonyl (C=O) groups is 2. The van der Waals surface area contributed by atoms with Gasteiger partial charge in [0, 0.05) is 18.3 Å². The van der Waals surface area contributed by atoms with Gasteiger partial charge in [-0.3, -0.25) is 9.59 Å². The number of carbonyl (C=O) groups excluding carboxylic acids is 2. The highest BCUT2D eigenvalue weighted by atomic mass is 32.2. The molecule has 12 heteroatoms. The first kappa shape index (κ1) is 19.9. The number of hydrogen-bond donors (Lipinski definition) is 4. The minimum Gasteiger partial charge on any atom is -0.463 e. The summed E-state index contributed by atoms with van der Waals surface area (Å²) in [4.78, 5) is 23.3. The first-order valence-corrected chi connectivity index (χ1v) is 9.33. The van der Waals surface area contributed by atoms with Crippen LogP contribution < -0.4 is 21.9 Å². The second-order valence-electron chi connectivity index (χ2n) is 5.66. The standard InChI is InChI=1S/C17H18N8O3S/c1-11(26)20-12-4-2-5-13(8-12)21-15(27)10-29-17-24-23-16(25(17)18)22-19-9-14-6-3-7-28-14/h2-9H,10,18H2,1H3,(H,20,26)(H,21,27)(H,22,23)/b19-9+. The SMILES string of the molecule is CC(=O)Nc1cccc(NC(=O)CSc2nnc(N/N=C/c3ccco3)n2N)c1. The van der Waals surface area contributed by atoms with Crippen molar-refractivity contribution in [1.82, 2.24) is 14.9 Å². The van der Waals surface area contributed by atoms with E-state index in [-0.39, 0.29) is 23.5 Å². The molecule has 0 radical (unpaired) electrons. The van der Waals surface area contributed by atoms with Crippen LogP contribution in [0.5, 0.6) is 0 Å². The van der Waals surface area contributed by atoms with Gasteiger partial charge < -0.3 is 20.9 Å². The molecule has 2 amide bonds. The average molecular weight is 414 g/mol. The Morgan fingerprint density at radius 3 is 2.76 bits per heavy atom. The normalized spacial score (nSPS) is 10.8. The Morgan fingerprint density at radius 2 is 2.03 bits per heavy atom. The van der Waals surface area contributed by atoms with E-state index in [1.807, 2.05) is 0 Å². The lowest BCUT2D eigenvalue weighted by Crippen LogP contribution is -2.17. The molecular formula is C17H18N8O3S. The lowest BCUT2D eigenvalue weighted by molar-refractivity contribution is -0.114. The van der Waals surface area contributed by atoms with Crippen LogP contribution in [0.4, 0.5) is 17.3 Å². The third-order valence-corrected chi connectivity index (χ3v) is 4.31. The third kappa shape index (κ3) is 5.84. The second kappa shape index (κ2) is 9.41. The predicted molar refractivity (Wildman–Crippen MR) is 110 cm³/mol. The minimum absolute atomic E-state index is 0.0648. The Labute approximate surface area is 169 Å². The molecule has 0 aliphatic carbocycles. The first-order chi connectivity index (χ1) is 14.0. The Hall–Kier alpha value is -3.80. The van der Waals surface area contributed by atoms with Crippen LogP contribution >= 0.6 is 11.8 Å². The largest absolute Gasteiger partial charge is 0.463 e. The van der Waals surface area contributed by atoms with Gasteiger partial charge in [0.25, 0.3) is 5.95 Å². The number of thioether (sulfide) groups is 1. The molecule has 0 unspecified atom stereocenters. The fourth-order valence-electron chi connectivity index (χ4n) is 2.18. The lowest BCUT2D eigenvalue weighted by Gasteiger charge is -2.07. The van der Waals surface area contributed by atoms with Crippen molar-refractivity contribution in [3.63, 3.8) is 0 Å². The minimum atomic E-state index is -0.261. The number of hydrogen-bond acceptors (Lipinski definition) is 9. The van der Waals surface area contributed by atoms with Crippen LogP contribution in [-0.2, 0) is 9.59 Å². The number of amides is 2. The molecule has 0 fully saturated rings. The van der Waals surface area contributed by atoms with E-state index in [4.69, 9.17) is 10.3 Å². The number of benzene rings is 1. The summed E-state index contributed by atoms with van der Waals surface area (Å²) in [6.45, 7) is 1.41.